The van der Waals surface area contributed by atoms with Gasteiger partial charge in [-0.15, -0.1) is 0 Å². The fourth-order valence-electron chi connectivity index (χ4n) is 3.72. The molecule has 4 rings (SSSR count). The molecule has 2 aliphatic heterocycles. The minimum absolute atomic E-state index is 0.128. The van der Waals surface area contributed by atoms with Crippen molar-refractivity contribution in [2.45, 2.75) is 17.7 Å². The second-order valence-electron chi connectivity index (χ2n) is 7.39. The number of rotatable bonds is 5. The molecule has 0 saturated carbocycles. The van der Waals surface area contributed by atoms with Crippen LogP contribution in [0.4, 0.5) is 15.8 Å². The Hall–Kier alpha value is -2.49. The van der Waals surface area contributed by atoms with Gasteiger partial charge in [-0.1, -0.05) is 0 Å². The number of amides is 1. The molecule has 0 radical (unpaired) electrons. The predicted octanol–water partition coefficient (Wildman–Crippen LogP) is 2.70. The first-order chi connectivity index (χ1) is 14.4. The zero-order chi connectivity index (χ0) is 21.1. The summed E-state index contributed by atoms with van der Waals surface area (Å²) in [7, 11) is -3.62. The van der Waals surface area contributed by atoms with Gasteiger partial charge in [0.1, 0.15) is 5.82 Å². The minimum atomic E-state index is -3.62. The zero-order valence-electron chi connectivity index (χ0n) is 16.5. The van der Waals surface area contributed by atoms with Crippen LogP contribution in [0.5, 0.6) is 0 Å². The van der Waals surface area contributed by atoms with Crippen LogP contribution in [0.2, 0.25) is 0 Å². The smallest absolute Gasteiger partial charge is 0.255 e. The molecule has 0 aromatic heterocycles. The topological polar surface area (TPSA) is 79.0 Å². The number of nitrogens with one attached hydrogen (secondary N) is 1. The summed E-state index contributed by atoms with van der Waals surface area (Å²) in [5.41, 5.74) is 1.41. The Balaban J connectivity index is 1.48. The summed E-state index contributed by atoms with van der Waals surface area (Å²) >= 11 is 0. The van der Waals surface area contributed by atoms with Crippen molar-refractivity contribution in [2.75, 3.05) is 49.6 Å². The van der Waals surface area contributed by atoms with Crippen molar-refractivity contribution in [1.29, 1.82) is 0 Å². The second kappa shape index (κ2) is 8.71. The first kappa shape index (κ1) is 20.8. The average molecular weight is 434 g/mol. The normalized spacial score (nSPS) is 17.8. The molecular formula is C21H24FN3O4S. The Bertz CT molecular complexity index is 1020. The molecule has 2 fully saturated rings. The molecule has 0 aliphatic carbocycles. The van der Waals surface area contributed by atoms with Crippen molar-refractivity contribution in [3.05, 3.63) is 53.8 Å². The SMILES string of the molecule is O=C(Nc1cc(F)cc(N2CCCC2)c1)c1ccc(S(=O)(=O)N2CCOCC2)cc1. The summed E-state index contributed by atoms with van der Waals surface area (Å²) in [5, 5.41) is 2.70. The van der Waals surface area contributed by atoms with Crippen molar-refractivity contribution >= 4 is 27.3 Å². The number of sulfonamides is 1. The number of hydrogen-bond donors (Lipinski definition) is 1. The molecule has 1 amide bonds. The Labute approximate surface area is 175 Å². The second-order valence-corrected chi connectivity index (χ2v) is 9.33. The summed E-state index contributed by atoms with van der Waals surface area (Å²) in [5.74, 6) is -0.843. The minimum Gasteiger partial charge on any atom is -0.379 e. The van der Waals surface area contributed by atoms with Gasteiger partial charge in [-0.25, -0.2) is 12.8 Å². The van der Waals surface area contributed by atoms with E-state index in [9.17, 15) is 17.6 Å². The van der Waals surface area contributed by atoms with E-state index in [1.165, 1.54) is 40.7 Å². The predicted molar refractivity (Wildman–Crippen MR) is 112 cm³/mol. The van der Waals surface area contributed by atoms with Gasteiger partial charge in [-0.2, -0.15) is 4.31 Å². The van der Waals surface area contributed by atoms with Crippen LogP contribution in [0.15, 0.2) is 47.4 Å². The monoisotopic (exact) mass is 433 g/mol. The highest BCUT2D eigenvalue weighted by molar-refractivity contribution is 7.89. The third kappa shape index (κ3) is 4.48. The van der Waals surface area contributed by atoms with Gasteiger partial charge >= 0.3 is 0 Å². The van der Waals surface area contributed by atoms with Crippen LogP contribution in [0.1, 0.15) is 23.2 Å². The third-order valence-electron chi connectivity index (χ3n) is 5.34. The quantitative estimate of drug-likeness (QED) is 0.785. The summed E-state index contributed by atoms with van der Waals surface area (Å²) < 4.78 is 46.0. The Kier molecular flexibility index (Phi) is 6.03. The van der Waals surface area contributed by atoms with Gasteiger partial charge in [0.25, 0.3) is 5.91 Å². The molecule has 0 spiro atoms. The van der Waals surface area contributed by atoms with Gasteiger partial charge in [0.15, 0.2) is 0 Å². The van der Waals surface area contributed by atoms with Gasteiger partial charge in [0.05, 0.1) is 18.1 Å². The van der Waals surface area contributed by atoms with E-state index >= 15 is 0 Å². The van der Waals surface area contributed by atoms with Crippen molar-refractivity contribution in [2.24, 2.45) is 0 Å². The molecule has 30 heavy (non-hydrogen) atoms. The molecule has 2 aromatic rings. The highest BCUT2D eigenvalue weighted by Crippen LogP contribution is 2.26. The number of carbonyl (C=O) groups excluding carboxylic acids is 1. The van der Waals surface area contributed by atoms with E-state index in [1.54, 1.807) is 6.07 Å². The van der Waals surface area contributed by atoms with Crippen molar-refractivity contribution in [1.82, 2.24) is 4.31 Å². The lowest BCUT2D eigenvalue weighted by molar-refractivity contribution is 0.0730. The maximum absolute atomic E-state index is 14.0. The third-order valence-corrected chi connectivity index (χ3v) is 7.25. The number of carbonyl (C=O) groups is 1. The highest BCUT2D eigenvalue weighted by Gasteiger charge is 2.26. The van der Waals surface area contributed by atoms with Gasteiger partial charge < -0.3 is 15.0 Å². The number of morpholine rings is 1. The lowest BCUT2D eigenvalue weighted by Crippen LogP contribution is -2.40. The number of hydrogen-bond acceptors (Lipinski definition) is 5. The highest BCUT2D eigenvalue weighted by atomic mass is 32.2. The van der Waals surface area contributed by atoms with Crippen molar-refractivity contribution in [3.63, 3.8) is 0 Å². The molecule has 0 unspecified atom stereocenters. The largest absolute Gasteiger partial charge is 0.379 e. The molecule has 7 nitrogen and oxygen atoms in total. The van der Waals surface area contributed by atoms with Crippen LogP contribution >= 0.6 is 0 Å². The molecule has 1 N–H and O–H groups in total. The van der Waals surface area contributed by atoms with E-state index in [4.69, 9.17) is 4.74 Å². The number of ether oxygens (including phenoxy) is 1. The van der Waals surface area contributed by atoms with Gasteiger partial charge in [0.2, 0.25) is 10.0 Å². The Morgan fingerprint density at radius 3 is 2.30 bits per heavy atom. The molecule has 0 bridgehead atoms. The standard InChI is InChI=1S/C21H24FN3O4S/c22-17-13-18(15-19(14-17)24-7-1-2-8-24)23-21(26)16-3-5-20(6-4-16)30(27,28)25-9-11-29-12-10-25/h3-6,13-15H,1-2,7-12H2,(H,23,26). The Morgan fingerprint density at radius 2 is 1.63 bits per heavy atom. The van der Waals surface area contributed by atoms with Gasteiger partial charge in [0, 0.05) is 43.1 Å². The number of halogens is 1. The summed E-state index contributed by atoms with van der Waals surface area (Å²) in [6.07, 6.45) is 2.13. The fourth-order valence-corrected chi connectivity index (χ4v) is 5.13. The van der Waals surface area contributed by atoms with Crippen molar-refractivity contribution in [3.8, 4) is 0 Å². The van der Waals surface area contributed by atoms with Crippen LogP contribution in [-0.2, 0) is 14.8 Å². The van der Waals surface area contributed by atoms with Gasteiger partial charge in [-0.05, 0) is 55.3 Å². The molecule has 2 aliphatic rings. The molecule has 9 heteroatoms. The van der Waals surface area contributed by atoms with E-state index in [1.807, 2.05) is 0 Å². The molecule has 2 heterocycles. The first-order valence-electron chi connectivity index (χ1n) is 9.98. The van der Waals surface area contributed by atoms with Crippen LogP contribution in [0.25, 0.3) is 0 Å². The molecule has 2 aromatic carbocycles. The number of nitrogens with zero attached hydrogens (tertiary/aromatic N) is 2. The van der Waals surface area contributed by atoms with Crippen LogP contribution in [0.3, 0.4) is 0 Å². The molecule has 160 valence electrons. The maximum Gasteiger partial charge on any atom is 0.255 e. The van der Waals surface area contributed by atoms with E-state index in [2.05, 4.69) is 10.2 Å². The van der Waals surface area contributed by atoms with Gasteiger partial charge in [-0.3, -0.25) is 4.79 Å². The maximum atomic E-state index is 14.0. The lowest BCUT2D eigenvalue weighted by Gasteiger charge is -2.26. The number of anilines is 2. The van der Waals surface area contributed by atoms with Crippen LogP contribution in [0, 0.1) is 5.82 Å². The van der Waals surface area contributed by atoms with Crippen LogP contribution < -0.4 is 10.2 Å². The number of benzene rings is 2. The molecular weight excluding hydrogens is 409 g/mol. The van der Waals surface area contributed by atoms with E-state index < -0.39 is 21.7 Å². The lowest BCUT2D eigenvalue weighted by atomic mass is 10.2. The Morgan fingerprint density at radius 1 is 0.967 bits per heavy atom. The van der Waals surface area contributed by atoms with Crippen molar-refractivity contribution < 1.29 is 22.3 Å². The zero-order valence-corrected chi connectivity index (χ0v) is 17.3. The fraction of sp³-hybridized carbons (Fsp3) is 0.381. The summed E-state index contributed by atoms with van der Waals surface area (Å²) in [6.45, 7) is 3.10. The van der Waals surface area contributed by atoms with E-state index in [0.29, 0.717) is 37.6 Å². The summed E-state index contributed by atoms with van der Waals surface area (Å²) in [4.78, 5) is 14.8. The molecule has 2 saturated heterocycles. The summed E-state index contributed by atoms with van der Waals surface area (Å²) in [6, 6.07) is 10.2. The van der Waals surface area contributed by atoms with E-state index in [0.717, 1.165) is 31.6 Å². The first-order valence-corrected chi connectivity index (χ1v) is 11.4. The average Bonchev–Trinajstić information content (AvgIpc) is 3.29. The van der Waals surface area contributed by atoms with Crippen LogP contribution in [-0.4, -0.2) is 58.0 Å². The molecule has 0 atom stereocenters. The van der Waals surface area contributed by atoms with E-state index in [-0.39, 0.29) is 4.90 Å².